The Morgan fingerprint density at radius 1 is 1.47 bits per heavy atom. The SMILES string of the molecule is CC(C)n1c(-c2c(F)cccc2Br)n[nH]c1=S. The van der Waals surface area contributed by atoms with Crippen LogP contribution in [0.3, 0.4) is 0 Å². The minimum atomic E-state index is -0.324. The molecule has 1 N–H and O–H groups in total. The molecule has 90 valence electrons. The second kappa shape index (κ2) is 4.70. The second-order valence-electron chi connectivity index (χ2n) is 3.91. The summed E-state index contributed by atoms with van der Waals surface area (Å²) in [4.78, 5) is 0. The van der Waals surface area contributed by atoms with Crippen LogP contribution in [-0.2, 0) is 0 Å². The van der Waals surface area contributed by atoms with Crippen LogP contribution < -0.4 is 0 Å². The molecule has 0 spiro atoms. The maximum absolute atomic E-state index is 13.9. The van der Waals surface area contributed by atoms with Crippen LogP contribution in [0.25, 0.3) is 11.4 Å². The molecule has 0 aliphatic carbocycles. The van der Waals surface area contributed by atoms with Crippen molar-refractivity contribution in [3.05, 3.63) is 33.3 Å². The first-order chi connectivity index (χ1) is 8.02. The Morgan fingerprint density at radius 3 is 2.76 bits per heavy atom. The molecule has 0 aliphatic rings. The largest absolute Gasteiger partial charge is 0.297 e. The molecule has 0 fully saturated rings. The molecule has 0 saturated carbocycles. The number of hydrogen-bond donors (Lipinski definition) is 1. The number of hydrogen-bond acceptors (Lipinski definition) is 2. The van der Waals surface area contributed by atoms with Crippen LogP contribution in [0.15, 0.2) is 22.7 Å². The fraction of sp³-hybridized carbons (Fsp3) is 0.273. The first-order valence-electron chi connectivity index (χ1n) is 5.13. The molecule has 0 atom stereocenters. The van der Waals surface area contributed by atoms with Gasteiger partial charge < -0.3 is 0 Å². The van der Waals surface area contributed by atoms with Gasteiger partial charge in [0.1, 0.15) is 5.82 Å². The maximum Gasteiger partial charge on any atom is 0.195 e. The molecular weight excluding hydrogens is 305 g/mol. The van der Waals surface area contributed by atoms with Crippen molar-refractivity contribution in [3.8, 4) is 11.4 Å². The van der Waals surface area contributed by atoms with E-state index in [2.05, 4.69) is 26.1 Å². The van der Waals surface area contributed by atoms with E-state index in [1.165, 1.54) is 6.07 Å². The van der Waals surface area contributed by atoms with Gasteiger partial charge in [-0.05, 0) is 54.1 Å². The summed E-state index contributed by atoms with van der Waals surface area (Å²) in [6.07, 6.45) is 0. The molecule has 0 saturated heterocycles. The lowest BCUT2D eigenvalue weighted by Crippen LogP contribution is -2.04. The highest BCUT2D eigenvalue weighted by Crippen LogP contribution is 2.30. The Labute approximate surface area is 112 Å². The van der Waals surface area contributed by atoms with Crippen molar-refractivity contribution in [1.29, 1.82) is 0 Å². The lowest BCUT2D eigenvalue weighted by molar-refractivity contribution is 0.588. The topological polar surface area (TPSA) is 33.6 Å². The molecule has 17 heavy (non-hydrogen) atoms. The van der Waals surface area contributed by atoms with Gasteiger partial charge in [-0.1, -0.05) is 6.07 Å². The summed E-state index contributed by atoms with van der Waals surface area (Å²) in [5.74, 6) is 0.185. The molecule has 1 heterocycles. The van der Waals surface area contributed by atoms with Gasteiger partial charge in [0.2, 0.25) is 0 Å². The van der Waals surface area contributed by atoms with Gasteiger partial charge in [0, 0.05) is 10.5 Å². The predicted molar refractivity (Wildman–Crippen MR) is 70.9 cm³/mol. The zero-order valence-electron chi connectivity index (χ0n) is 9.37. The summed E-state index contributed by atoms with van der Waals surface area (Å²) in [5, 5.41) is 6.80. The lowest BCUT2D eigenvalue weighted by Gasteiger charge is -2.11. The van der Waals surface area contributed by atoms with E-state index in [1.54, 1.807) is 16.7 Å². The predicted octanol–water partition coefficient (Wildman–Crippen LogP) is 4.09. The summed E-state index contributed by atoms with van der Waals surface area (Å²) < 4.78 is 16.8. The molecule has 2 rings (SSSR count). The number of benzene rings is 1. The third kappa shape index (κ3) is 2.19. The molecule has 0 amide bonds. The van der Waals surface area contributed by atoms with Crippen LogP contribution in [0.1, 0.15) is 19.9 Å². The van der Waals surface area contributed by atoms with Gasteiger partial charge in [0.05, 0.1) is 5.56 Å². The van der Waals surface area contributed by atoms with Crippen LogP contribution in [0.2, 0.25) is 0 Å². The summed E-state index contributed by atoms with van der Waals surface area (Å²) in [6.45, 7) is 3.95. The zero-order chi connectivity index (χ0) is 12.6. The normalized spacial score (nSPS) is 11.1. The average Bonchev–Trinajstić information content (AvgIpc) is 2.60. The minimum Gasteiger partial charge on any atom is -0.297 e. The van der Waals surface area contributed by atoms with Crippen LogP contribution in [-0.4, -0.2) is 14.8 Å². The van der Waals surface area contributed by atoms with E-state index in [1.807, 2.05) is 13.8 Å². The Morgan fingerprint density at radius 2 is 2.18 bits per heavy atom. The summed E-state index contributed by atoms with van der Waals surface area (Å²) >= 11 is 8.48. The van der Waals surface area contributed by atoms with Gasteiger partial charge in [-0.15, -0.1) is 0 Å². The molecule has 6 heteroatoms. The summed E-state index contributed by atoms with van der Waals surface area (Å²) in [6, 6.07) is 4.94. The fourth-order valence-electron chi connectivity index (χ4n) is 1.67. The van der Waals surface area contributed by atoms with Crippen LogP contribution >= 0.6 is 28.1 Å². The quantitative estimate of drug-likeness (QED) is 0.847. The van der Waals surface area contributed by atoms with E-state index in [0.29, 0.717) is 20.6 Å². The van der Waals surface area contributed by atoms with Crippen molar-refractivity contribution in [3.63, 3.8) is 0 Å². The van der Waals surface area contributed by atoms with E-state index >= 15 is 0 Å². The van der Waals surface area contributed by atoms with Gasteiger partial charge >= 0.3 is 0 Å². The molecule has 0 aliphatic heterocycles. The number of aromatic nitrogens is 3. The number of H-pyrrole nitrogens is 1. The Hall–Kier alpha value is -1.01. The zero-order valence-corrected chi connectivity index (χ0v) is 11.8. The molecule has 1 aromatic heterocycles. The summed E-state index contributed by atoms with van der Waals surface area (Å²) in [7, 11) is 0. The first-order valence-corrected chi connectivity index (χ1v) is 6.33. The van der Waals surface area contributed by atoms with E-state index < -0.39 is 0 Å². The standard InChI is InChI=1S/C11H11BrFN3S/c1-6(2)16-10(14-15-11(16)17)9-7(12)4-3-5-8(9)13/h3-6H,1-2H3,(H,15,17). The number of rotatable bonds is 2. The van der Waals surface area contributed by atoms with Crippen LogP contribution in [0.4, 0.5) is 4.39 Å². The third-order valence-corrected chi connectivity index (χ3v) is 3.36. The Kier molecular flexibility index (Phi) is 3.44. The highest BCUT2D eigenvalue weighted by atomic mass is 79.9. The fourth-order valence-corrected chi connectivity index (χ4v) is 2.53. The van der Waals surface area contributed by atoms with Gasteiger partial charge in [0.15, 0.2) is 10.6 Å². The molecule has 1 aromatic carbocycles. The van der Waals surface area contributed by atoms with E-state index in [9.17, 15) is 4.39 Å². The monoisotopic (exact) mass is 315 g/mol. The number of nitrogens with zero attached hydrogens (tertiary/aromatic N) is 2. The molecule has 0 radical (unpaired) electrons. The number of nitrogens with one attached hydrogen (secondary N) is 1. The van der Waals surface area contributed by atoms with Crippen molar-refractivity contribution >= 4 is 28.1 Å². The third-order valence-electron chi connectivity index (χ3n) is 2.41. The second-order valence-corrected chi connectivity index (χ2v) is 5.15. The van der Waals surface area contributed by atoms with Crippen LogP contribution in [0, 0.1) is 10.6 Å². The van der Waals surface area contributed by atoms with Crippen molar-refractivity contribution in [1.82, 2.24) is 14.8 Å². The molecule has 3 nitrogen and oxygen atoms in total. The van der Waals surface area contributed by atoms with Crippen molar-refractivity contribution in [2.45, 2.75) is 19.9 Å². The molecule has 0 bridgehead atoms. The van der Waals surface area contributed by atoms with Crippen LogP contribution in [0.5, 0.6) is 0 Å². The van der Waals surface area contributed by atoms with Gasteiger partial charge in [-0.3, -0.25) is 9.67 Å². The highest BCUT2D eigenvalue weighted by molar-refractivity contribution is 9.10. The van der Waals surface area contributed by atoms with Crippen molar-refractivity contribution in [2.75, 3.05) is 0 Å². The summed E-state index contributed by atoms with van der Waals surface area (Å²) in [5.41, 5.74) is 0.425. The van der Waals surface area contributed by atoms with Crippen molar-refractivity contribution in [2.24, 2.45) is 0 Å². The van der Waals surface area contributed by atoms with Gasteiger partial charge in [-0.25, -0.2) is 4.39 Å². The van der Waals surface area contributed by atoms with Gasteiger partial charge in [0.25, 0.3) is 0 Å². The van der Waals surface area contributed by atoms with E-state index in [4.69, 9.17) is 12.2 Å². The molecule has 2 aromatic rings. The average molecular weight is 316 g/mol. The van der Waals surface area contributed by atoms with E-state index in [-0.39, 0.29) is 11.9 Å². The lowest BCUT2D eigenvalue weighted by atomic mass is 10.2. The molecule has 0 unspecified atom stereocenters. The smallest absolute Gasteiger partial charge is 0.195 e. The minimum absolute atomic E-state index is 0.114. The van der Waals surface area contributed by atoms with Gasteiger partial charge in [-0.2, -0.15) is 5.10 Å². The first kappa shape index (κ1) is 12.4. The molecular formula is C11H11BrFN3S. The Bertz CT molecular complexity index is 583. The number of halogens is 2. The Balaban J connectivity index is 2.74. The van der Waals surface area contributed by atoms with Crippen molar-refractivity contribution < 1.29 is 4.39 Å². The highest BCUT2D eigenvalue weighted by Gasteiger charge is 2.17. The van der Waals surface area contributed by atoms with E-state index in [0.717, 1.165) is 0 Å². The maximum atomic E-state index is 13.9. The number of aromatic amines is 1.